The molecule has 2 rings (SSSR count). The van der Waals surface area contributed by atoms with Gasteiger partial charge in [-0.05, 0) is 36.5 Å². The highest BCUT2D eigenvalue weighted by Gasteiger charge is 2.17. The number of carboxylic acid groups (broad SMARTS) is 1. The Morgan fingerprint density at radius 3 is 2.61 bits per heavy atom. The van der Waals surface area contributed by atoms with Gasteiger partial charge in [-0.2, -0.15) is 0 Å². The molecule has 5 nitrogen and oxygen atoms in total. The summed E-state index contributed by atoms with van der Waals surface area (Å²) in [5.74, 6) is 1.10. The topological polar surface area (TPSA) is 78.9 Å². The minimum atomic E-state index is -0.910. The predicted octanol–water partition coefficient (Wildman–Crippen LogP) is 4.02. The molecule has 1 unspecified atom stereocenters. The molecule has 0 saturated carbocycles. The summed E-state index contributed by atoms with van der Waals surface area (Å²) in [6.45, 7) is 8.26. The second-order valence-corrected chi connectivity index (χ2v) is 6.20. The van der Waals surface area contributed by atoms with Crippen LogP contribution in [0.3, 0.4) is 0 Å². The molecule has 124 valence electrons. The molecule has 23 heavy (non-hydrogen) atoms. The van der Waals surface area contributed by atoms with Crippen molar-refractivity contribution in [3.63, 3.8) is 0 Å². The maximum atomic E-state index is 11.5. The molecule has 0 saturated heterocycles. The first-order valence-electron chi connectivity index (χ1n) is 8.24. The number of aromatic nitrogens is 3. The fourth-order valence-electron chi connectivity index (χ4n) is 2.94. The zero-order valence-corrected chi connectivity index (χ0v) is 14.3. The first-order valence-corrected chi connectivity index (χ1v) is 8.24. The van der Waals surface area contributed by atoms with Crippen LogP contribution in [0.15, 0.2) is 12.1 Å². The smallest absolute Gasteiger partial charge is 0.335 e. The van der Waals surface area contributed by atoms with Crippen LogP contribution in [0.5, 0.6) is 0 Å². The SMILES string of the molecule is CCCC(C)Cc1cc(C)c(C(=O)O)cc1-c1nnc(CC)[nH]1. The first-order chi connectivity index (χ1) is 11.0. The predicted molar refractivity (Wildman–Crippen MR) is 90.7 cm³/mol. The molecule has 0 aliphatic carbocycles. The maximum Gasteiger partial charge on any atom is 0.335 e. The third kappa shape index (κ3) is 3.97. The highest BCUT2D eigenvalue weighted by molar-refractivity contribution is 5.91. The fraction of sp³-hybridized carbons (Fsp3) is 0.500. The highest BCUT2D eigenvalue weighted by Crippen LogP contribution is 2.28. The number of nitrogens with zero attached hydrogens (tertiary/aromatic N) is 2. The van der Waals surface area contributed by atoms with E-state index in [0.717, 1.165) is 48.2 Å². The largest absolute Gasteiger partial charge is 0.478 e. The van der Waals surface area contributed by atoms with Gasteiger partial charge >= 0.3 is 5.97 Å². The number of hydrogen-bond donors (Lipinski definition) is 2. The summed E-state index contributed by atoms with van der Waals surface area (Å²) in [5, 5.41) is 17.7. The summed E-state index contributed by atoms with van der Waals surface area (Å²) in [5.41, 5.74) is 3.09. The molecule has 1 atom stereocenters. The Balaban J connectivity index is 2.50. The summed E-state index contributed by atoms with van der Waals surface area (Å²) in [6.07, 6.45) is 3.97. The molecule has 0 fully saturated rings. The minimum absolute atomic E-state index is 0.321. The van der Waals surface area contributed by atoms with Crippen LogP contribution in [0.1, 0.15) is 60.9 Å². The van der Waals surface area contributed by atoms with Gasteiger partial charge in [0.1, 0.15) is 5.82 Å². The third-order valence-electron chi connectivity index (χ3n) is 4.15. The first kappa shape index (κ1) is 17.2. The van der Waals surface area contributed by atoms with Gasteiger partial charge in [-0.1, -0.05) is 39.7 Å². The Hall–Kier alpha value is -2.17. The van der Waals surface area contributed by atoms with Crippen molar-refractivity contribution in [1.29, 1.82) is 0 Å². The molecule has 5 heteroatoms. The van der Waals surface area contributed by atoms with Crippen LogP contribution in [0, 0.1) is 12.8 Å². The molecule has 0 bridgehead atoms. The Kier molecular flexibility index (Phi) is 5.53. The molecule has 1 heterocycles. The number of hydrogen-bond acceptors (Lipinski definition) is 3. The summed E-state index contributed by atoms with van der Waals surface area (Å²) >= 11 is 0. The Labute approximate surface area is 137 Å². The number of nitrogens with one attached hydrogen (secondary N) is 1. The van der Waals surface area contributed by atoms with E-state index in [4.69, 9.17) is 0 Å². The quantitative estimate of drug-likeness (QED) is 0.809. The lowest BCUT2D eigenvalue weighted by Gasteiger charge is -2.15. The number of carbonyl (C=O) groups is 1. The molecular formula is C18H25N3O2. The number of aromatic carboxylic acids is 1. The average molecular weight is 315 g/mol. The number of H-pyrrole nitrogens is 1. The summed E-state index contributed by atoms with van der Waals surface area (Å²) in [4.78, 5) is 14.7. The van der Waals surface area contributed by atoms with Crippen LogP contribution in [0.4, 0.5) is 0 Å². The lowest BCUT2D eigenvalue weighted by Crippen LogP contribution is -2.06. The Bertz CT molecular complexity index is 692. The second-order valence-electron chi connectivity index (χ2n) is 6.20. The van der Waals surface area contributed by atoms with Gasteiger partial charge in [0.15, 0.2) is 5.82 Å². The van der Waals surface area contributed by atoms with Crippen molar-refractivity contribution in [2.75, 3.05) is 0 Å². The van der Waals surface area contributed by atoms with Gasteiger partial charge in [0.25, 0.3) is 0 Å². The lowest BCUT2D eigenvalue weighted by atomic mass is 9.90. The minimum Gasteiger partial charge on any atom is -0.478 e. The normalized spacial score (nSPS) is 12.3. The summed E-state index contributed by atoms with van der Waals surface area (Å²) < 4.78 is 0. The van der Waals surface area contributed by atoms with E-state index in [9.17, 15) is 9.90 Å². The van der Waals surface area contributed by atoms with E-state index in [1.54, 1.807) is 6.07 Å². The van der Waals surface area contributed by atoms with Crippen molar-refractivity contribution in [3.05, 3.63) is 34.6 Å². The highest BCUT2D eigenvalue weighted by atomic mass is 16.4. The van der Waals surface area contributed by atoms with E-state index >= 15 is 0 Å². The van der Waals surface area contributed by atoms with Gasteiger partial charge in [0, 0.05) is 12.0 Å². The molecular weight excluding hydrogens is 290 g/mol. The van der Waals surface area contributed by atoms with E-state index in [1.165, 1.54) is 0 Å². The van der Waals surface area contributed by atoms with Crippen LogP contribution in [0.2, 0.25) is 0 Å². The van der Waals surface area contributed by atoms with Gasteiger partial charge in [0.05, 0.1) is 5.56 Å². The zero-order chi connectivity index (χ0) is 17.0. The standard InChI is InChI=1S/C18H25N3O2/c1-5-7-11(3)8-13-9-12(4)14(18(22)23)10-15(13)17-19-16(6-2)20-21-17/h9-11H,5-8H2,1-4H3,(H,22,23)(H,19,20,21). The summed E-state index contributed by atoms with van der Waals surface area (Å²) in [6, 6.07) is 3.71. The number of aryl methyl sites for hydroxylation is 2. The van der Waals surface area contributed by atoms with Crippen molar-refractivity contribution in [3.8, 4) is 11.4 Å². The summed E-state index contributed by atoms with van der Waals surface area (Å²) in [7, 11) is 0. The molecule has 0 aliphatic rings. The molecule has 2 aromatic rings. The van der Waals surface area contributed by atoms with Crippen molar-refractivity contribution in [2.45, 2.75) is 53.4 Å². The van der Waals surface area contributed by atoms with Crippen LogP contribution >= 0.6 is 0 Å². The van der Waals surface area contributed by atoms with Crippen LogP contribution in [-0.2, 0) is 12.8 Å². The second kappa shape index (κ2) is 7.40. The van der Waals surface area contributed by atoms with Gasteiger partial charge in [-0.3, -0.25) is 0 Å². The van der Waals surface area contributed by atoms with Crippen LogP contribution in [0.25, 0.3) is 11.4 Å². The van der Waals surface area contributed by atoms with E-state index in [1.807, 2.05) is 19.9 Å². The molecule has 1 aromatic heterocycles. The van der Waals surface area contributed by atoms with Gasteiger partial charge in [-0.15, -0.1) is 10.2 Å². The number of rotatable bonds is 7. The molecule has 0 amide bonds. The Morgan fingerprint density at radius 1 is 1.30 bits per heavy atom. The van der Waals surface area contributed by atoms with Crippen molar-refractivity contribution in [1.82, 2.24) is 15.2 Å². The van der Waals surface area contributed by atoms with Gasteiger partial charge in [-0.25, -0.2) is 4.79 Å². The lowest BCUT2D eigenvalue weighted by molar-refractivity contribution is 0.0696. The molecule has 2 N–H and O–H groups in total. The van der Waals surface area contributed by atoms with Crippen molar-refractivity contribution in [2.24, 2.45) is 5.92 Å². The van der Waals surface area contributed by atoms with E-state index in [-0.39, 0.29) is 0 Å². The number of carboxylic acids is 1. The third-order valence-corrected chi connectivity index (χ3v) is 4.15. The monoisotopic (exact) mass is 315 g/mol. The van der Waals surface area contributed by atoms with Crippen molar-refractivity contribution >= 4 is 5.97 Å². The molecule has 1 aromatic carbocycles. The number of aromatic amines is 1. The van der Waals surface area contributed by atoms with Crippen molar-refractivity contribution < 1.29 is 9.90 Å². The number of benzene rings is 1. The van der Waals surface area contributed by atoms with E-state index in [2.05, 4.69) is 29.0 Å². The maximum absolute atomic E-state index is 11.5. The van der Waals surface area contributed by atoms with Gasteiger partial charge in [0.2, 0.25) is 0 Å². The van der Waals surface area contributed by atoms with E-state index in [0.29, 0.717) is 17.3 Å². The molecule has 0 aliphatic heterocycles. The van der Waals surface area contributed by atoms with Crippen LogP contribution < -0.4 is 0 Å². The van der Waals surface area contributed by atoms with Crippen LogP contribution in [-0.4, -0.2) is 26.3 Å². The molecule has 0 spiro atoms. The average Bonchev–Trinajstić information content (AvgIpc) is 2.96. The Morgan fingerprint density at radius 2 is 2.04 bits per heavy atom. The zero-order valence-electron chi connectivity index (χ0n) is 14.3. The molecule has 0 radical (unpaired) electrons. The van der Waals surface area contributed by atoms with Gasteiger partial charge < -0.3 is 10.1 Å². The van der Waals surface area contributed by atoms with E-state index < -0.39 is 5.97 Å². The fourth-order valence-corrected chi connectivity index (χ4v) is 2.94.